The standard InChI is InChI=1S/C19H22FN5O4S2/c1-4-28-13-6-5-7-14(10-13)31(26,27)15-11-22-19(30-15)25-17-16(20)18(24-12(2)23-17)29-9-8-21-3/h5-7,10-11,21H,4,8-9H2,1-3H3,(H,22,23,24,25). The van der Waals surface area contributed by atoms with Gasteiger partial charge in [0.2, 0.25) is 15.7 Å². The summed E-state index contributed by atoms with van der Waals surface area (Å²) in [5.74, 6) is -0.381. The number of halogens is 1. The second-order valence-electron chi connectivity index (χ2n) is 6.21. The average molecular weight is 468 g/mol. The number of aromatic nitrogens is 3. The zero-order valence-electron chi connectivity index (χ0n) is 17.2. The molecule has 0 aliphatic heterocycles. The van der Waals surface area contributed by atoms with Crippen molar-refractivity contribution in [1.82, 2.24) is 20.3 Å². The molecule has 166 valence electrons. The number of sulfone groups is 1. The van der Waals surface area contributed by atoms with E-state index in [1.165, 1.54) is 18.3 Å². The molecule has 2 heterocycles. The molecule has 2 N–H and O–H groups in total. The highest BCUT2D eigenvalue weighted by Crippen LogP contribution is 2.32. The summed E-state index contributed by atoms with van der Waals surface area (Å²) in [7, 11) is -2.07. The Morgan fingerprint density at radius 2 is 2.03 bits per heavy atom. The van der Waals surface area contributed by atoms with E-state index in [4.69, 9.17) is 9.47 Å². The van der Waals surface area contributed by atoms with Crippen LogP contribution < -0.4 is 20.1 Å². The Hall–Kier alpha value is -2.83. The minimum atomic E-state index is -3.81. The monoisotopic (exact) mass is 467 g/mol. The van der Waals surface area contributed by atoms with Gasteiger partial charge in [0, 0.05) is 6.54 Å². The van der Waals surface area contributed by atoms with E-state index < -0.39 is 15.7 Å². The molecule has 0 bridgehead atoms. The molecular formula is C19H22FN5O4S2. The van der Waals surface area contributed by atoms with E-state index in [-0.39, 0.29) is 32.5 Å². The fourth-order valence-electron chi connectivity index (χ4n) is 2.52. The molecule has 0 aliphatic rings. The Labute approximate surface area is 183 Å². The van der Waals surface area contributed by atoms with Crippen molar-refractivity contribution in [3.8, 4) is 11.6 Å². The third-order valence-corrected chi connectivity index (χ3v) is 7.05. The largest absolute Gasteiger partial charge is 0.494 e. The van der Waals surface area contributed by atoms with Crippen LogP contribution in [0.3, 0.4) is 0 Å². The molecule has 3 aromatic rings. The van der Waals surface area contributed by atoms with Crippen LogP contribution in [0.1, 0.15) is 12.7 Å². The second kappa shape index (κ2) is 9.98. The minimum absolute atomic E-state index is 0.000304. The van der Waals surface area contributed by atoms with E-state index in [1.807, 2.05) is 6.92 Å². The lowest BCUT2D eigenvalue weighted by Crippen LogP contribution is -2.17. The normalized spacial score (nSPS) is 11.4. The lowest BCUT2D eigenvalue weighted by atomic mass is 10.3. The summed E-state index contributed by atoms with van der Waals surface area (Å²) in [4.78, 5) is 12.1. The number of hydrogen-bond acceptors (Lipinski definition) is 10. The zero-order chi connectivity index (χ0) is 22.4. The molecular weight excluding hydrogens is 445 g/mol. The summed E-state index contributed by atoms with van der Waals surface area (Å²) >= 11 is 0.862. The lowest BCUT2D eigenvalue weighted by Gasteiger charge is -2.10. The number of hydrogen-bond donors (Lipinski definition) is 2. The maximum absolute atomic E-state index is 14.7. The summed E-state index contributed by atoms with van der Waals surface area (Å²) in [6.45, 7) is 4.57. The molecule has 0 saturated heterocycles. The van der Waals surface area contributed by atoms with Crippen molar-refractivity contribution < 1.29 is 22.3 Å². The Morgan fingerprint density at radius 3 is 2.77 bits per heavy atom. The first-order valence-electron chi connectivity index (χ1n) is 9.37. The van der Waals surface area contributed by atoms with Crippen LogP contribution in [0.5, 0.6) is 11.6 Å². The Bertz CT molecular complexity index is 1150. The quantitative estimate of drug-likeness (QED) is 0.434. The number of likely N-dealkylation sites (N-methyl/N-ethyl adjacent to an activating group) is 1. The van der Waals surface area contributed by atoms with Gasteiger partial charge in [-0.3, -0.25) is 0 Å². The number of aryl methyl sites for hydroxylation is 1. The van der Waals surface area contributed by atoms with Gasteiger partial charge >= 0.3 is 0 Å². The average Bonchev–Trinajstić information content (AvgIpc) is 3.21. The predicted molar refractivity (Wildman–Crippen MR) is 115 cm³/mol. The second-order valence-corrected chi connectivity index (χ2v) is 9.42. The van der Waals surface area contributed by atoms with Gasteiger partial charge in [-0.25, -0.2) is 18.4 Å². The van der Waals surface area contributed by atoms with E-state index in [0.29, 0.717) is 24.7 Å². The van der Waals surface area contributed by atoms with E-state index in [9.17, 15) is 12.8 Å². The van der Waals surface area contributed by atoms with Crippen molar-refractivity contribution in [3.05, 3.63) is 42.1 Å². The molecule has 0 radical (unpaired) electrons. The number of thiazole rings is 1. The number of anilines is 2. The molecule has 31 heavy (non-hydrogen) atoms. The molecule has 0 saturated carbocycles. The van der Waals surface area contributed by atoms with Crippen LogP contribution in [-0.4, -0.2) is 50.2 Å². The molecule has 2 aromatic heterocycles. The first kappa shape index (κ1) is 22.8. The SMILES string of the molecule is CCOc1cccc(S(=O)(=O)c2cnc(Nc3nc(C)nc(OCCNC)c3F)s2)c1. The number of nitrogens with zero attached hydrogens (tertiary/aromatic N) is 3. The van der Waals surface area contributed by atoms with Crippen molar-refractivity contribution in [3.63, 3.8) is 0 Å². The van der Waals surface area contributed by atoms with Gasteiger partial charge in [0.15, 0.2) is 10.9 Å². The molecule has 0 fully saturated rings. The van der Waals surface area contributed by atoms with E-state index in [0.717, 1.165) is 11.3 Å². The topological polar surface area (TPSA) is 115 Å². The van der Waals surface area contributed by atoms with Gasteiger partial charge in [-0.1, -0.05) is 17.4 Å². The summed E-state index contributed by atoms with van der Waals surface area (Å²) < 4.78 is 51.3. The maximum Gasteiger partial charge on any atom is 0.256 e. The highest BCUT2D eigenvalue weighted by molar-refractivity contribution is 7.93. The Morgan fingerprint density at radius 1 is 1.23 bits per heavy atom. The van der Waals surface area contributed by atoms with Gasteiger partial charge in [0.1, 0.15) is 22.4 Å². The molecule has 0 unspecified atom stereocenters. The molecule has 3 rings (SSSR count). The van der Waals surface area contributed by atoms with Crippen LogP contribution in [-0.2, 0) is 9.84 Å². The molecule has 9 nitrogen and oxygen atoms in total. The van der Waals surface area contributed by atoms with Crippen molar-refractivity contribution in [2.24, 2.45) is 0 Å². The van der Waals surface area contributed by atoms with Crippen LogP contribution >= 0.6 is 11.3 Å². The van der Waals surface area contributed by atoms with Crippen molar-refractivity contribution in [2.75, 3.05) is 32.1 Å². The highest BCUT2D eigenvalue weighted by Gasteiger charge is 2.23. The number of nitrogens with one attached hydrogen (secondary N) is 2. The maximum atomic E-state index is 14.7. The molecule has 1 aromatic carbocycles. The van der Waals surface area contributed by atoms with Crippen LogP contribution in [0.25, 0.3) is 0 Å². The summed E-state index contributed by atoms with van der Waals surface area (Å²) in [6, 6.07) is 6.21. The van der Waals surface area contributed by atoms with Crippen LogP contribution in [0.4, 0.5) is 15.3 Å². The molecule has 0 spiro atoms. The van der Waals surface area contributed by atoms with Crippen LogP contribution in [0.15, 0.2) is 39.6 Å². The fraction of sp³-hybridized carbons (Fsp3) is 0.316. The minimum Gasteiger partial charge on any atom is -0.494 e. The van der Waals surface area contributed by atoms with Crippen molar-refractivity contribution in [1.29, 1.82) is 0 Å². The van der Waals surface area contributed by atoms with E-state index >= 15 is 0 Å². The lowest BCUT2D eigenvalue weighted by molar-refractivity contribution is 0.288. The number of ether oxygens (including phenoxy) is 2. The third-order valence-electron chi connectivity index (χ3n) is 3.92. The van der Waals surface area contributed by atoms with Gasteiger partial charge in [-0.2, -0.15) is 9.37 Å². The first-order valence-corrected chi connectivity index (χ1v) is 11.7. The third kappa shape index (κ3) is 5.46. The summed E-state index contributed by atoms with van der Waals surface area (Å²) in [5.41, 5.74) is 0. The summed E-state index contributed by atoms with van der Waals surface area (Å²) in [6.07, 6.45) is 1.21. The zero-order valence-corrected chi connectivity index (χ0v) is 18.8. The highest BCUT2D eigenvalue weighted by atomic mass is 32.2. The van der Waals surface area contributed by atoms with Crippen LogP contribution in [0, 0.1) is 12.7 Å². The smallest absolute Gasteiger partial charge is 0.256 e. The number of rotatable bonds is 10. The van der Waals surface area contributed by atoms with Crippen LogP contribution in [0.2, 0.25) is 0 Å². The fourth-order valence-corrected chi connectivity index (χ4v) is 4.98. The molecule has 0 aliphatic carbocycles. The number of benzene rings is 1. The molecule has 0 amide bonds. The van der Waals surface area contributed by atoms with E-state index in [2.05, 4.69) is 25.6 Å². The van der Waals surface area contributed by atoms with E-state index in [1.54, 1.807) is 26.1 Å². The predicted octanol–water partition coefficient (Wildman–Crippen LogP) is 2.95. The Kier molecular flexibility index (Phi) is 7.36. The van der Waals surface area contributed by atoms with Gasteiger partial charge in [0.05, 0.1) is 17.7 Å². The van der Waals surface area contributed by atoms with Gasteiger partial charge in [0.25, 0.3) is 5.88 Å². The van der Waals surface area contributed by atoms with Gasteiger partial charge < -0.3 is 20.1 Å². The van der Waals surface area contributed by atoms with Gasteiger partial charge in [-0.15, -0.1) is 0 Å². The first-order chi connectivity index (χ1) is 14.8. The van der Waals surface area contributed by atoms with Crippen molar-refractivity contribution >= 4 is 32.1 Å². The molecule has 12 heteroatoms. The molecule has 0 atom stereocenters. The van der Waals surface area contributed by atoms with Crippen molar-refractivity contribution in [2.45, 2.75) is 23.0 Å². The Balaban J connectivity index is 1.84. The summed E-state index contributed by atoms with van der Waals surface area (Å²) in [5, 5.41) is 5.77. The van der Waals surface area contributed by atoms with Gasteiger partial charge in [-0.05, 0) is 39.1 Å².